The van der Waals surface area contributed by atoms with Crippen molar-refractivity contribution in [3.63, 3.8) is 0 Å². The monoisotopic (exact) mass is 783 g/mol. The summed E-state index contributed by atoms with van der Waals surface area (Å²) in [5, 5.41) is 8.73. The molecule has 2 aliphatic rings. The molecular formula is C41H50ClN9O5. The number of urea groups is 1. The summed E-state index contributed by atoms with van der Waals surface area (Å²) in [6.07, 6.45) is 4.36. The molecule has 2 aromatic carbocycles. The molecule has 2 aromatic heterocycles. The molecule has 0 spiro atoms. The average Bonchev–Trinajstić information content (AvgIpc) is 3.89. The Morgan fingerprint density at radius 3 is 2.38 bits per heavy atom. The number of hydrogen-bond donors (Lipinski definition) is 4. The summed E-state index contributed by atoms with van der Waals surface area (Å²) >= 11 is 6.74. The van der Waals surface area contributed by atoms with Crippen LogP contribution in [0.3, 0.4) is 0 Å². The number of pyridine rings is 1. The molecule has 0 aliphatic carbocycles. The summed E-state index contributed by atoms with van der Waals surface area (Å²) in [7, 11) is 2.92. The highest BCUT2D eigenvalue weighted by molar-refractivity contribution is 6.34. The molecular weight excluding hydrogens is 734 g/mol. The van der Waals surface area contributed by atoms with Gasteiger partial charge in [-0.1, -0.05) is 49.7 Å². The fourth-order valence-electron chi connectivity index (χ4n) is 7.51. The van der Waals surface area contributed by atoms with E-state index in [-0.39, 0.29) is 41.9 Å². The highest BCUT2D eigenvalue weighted by Gasteiger charge is 2.38. The summed E-state index contributed by atoms with van der Waals surface area (Å²) in [5.41, 5.74) is 5.36. The number of rotatable bonds is 9. The van der Waals surface area contributed by atoms with Crippen molar-refractivity contribution in [1.82, 2.24) is 35.4 Å². The number of likely N-dealkylation sites (tertiary alicyclic amines) is 1. The van der Waals surface area contributed by atoms with Crippen molar-refractivity contribution in [3.8, 4) is 22.4 Å². The average molecular weight is 784 g/mol. The lowest BCUT2D eigenvalue weighted by molar-refractivity contribution is -0.135. The molecule has 14 nitrogen and oxygen atoms in total. The van der Waals surface area contributed by atoms with Crippen molar-refractivity contribution < 1.29 is 23.9 Å². The Morgan fingerprint density at radius 1 is 0.982 bits per heavy atom. The van der Waals surface area contributed by atoms with Crippen LogP contribution in [0, 0.1) is 12.8 Å². The summed E-state index contributed by atoms with van der Waals surface area (Å²) in [5.74, 6) is 0.845. The van der Waals surface area contributed by atoms with E-state index in [9.17, 15) is 19.2 Å². The molecule has 0 unspecified atom stereocenters. The lowest BCUT2D eigenvalue weighted by atomic mass is 9.98. The second-order valence-corrected chi connectivity index (χ2v) is 15.3. The minimum atomic E-state index is -0.702. The van der Waals surface area contributed by atoms with Gasteiger partial charge in [-0.2, -0.15) is 0 Å². The van der Waals surface area contributed by atoms with Gasteiger partial charge in [0.2, 0.25) is 5.91 Å². The standard InChI is InChI=1S/C41H50ClN9O5/c1-23(2)36(48-41(55)56-7)39(53)49-16-8-9-34(49)37-45-20-33(46-37)28-12-10-27(11-13-28)30-18-31(42)32(17-24(30)3)47-38(52)29-14-15-35(44-19-29)50-21-26(5)51(22-25(50)4)40(54)43-6/h10-15,17-20,23,25-26,34,36H,8-9,16,21-22H2,1-7H3,(H,43,54)(H,45,46)(H,47,52)(H,48,55)/t25-,26+,34+,36+/m1/s1. The Balaban J connectivity index is 1.10. The number of aromatic amines is 1. The highest BCUT2D eigenvalue weighted by atomic mass is 35.5. The number of hydrogen-bond acceptors (Lipinski definition) is 8. The van der Waals surface area contributed by atoms with Gasteiger partial charge in [0.05, 0.1) is 35.1 Å². The second kappa shape index (κ2) is 17.0. The molecule has 4 aromatic rings. The van der Waals surface area contributed by atoms with Crippen LogP contribution in [0.25, 0.3) is 22.4 Å². The van der Waals surface area contributed by atoms with Crippen LogP contribution < -0.4 is 20.9 Å². The number of H-pyrrole nitrogens is 1. The normalized spacial score (nSPS) is 18.8. The van der Waals surface area contributed by atoms with Crippen molar-refractivity contribution in [2.75, 3.05) is 44.0 Å². The molecule has 15 heteroatoms. The molecule has 0 saturated carbocycles. The highest BCUT2D eigenvalue weighted by Crippen LogP contribution is 2.35. The fourth-order valence-corrected chi connectivity index (χ4v) is 7.72. The first-order valence-corrected chi connectivity index (χ1v) is 19.3. The van der Waals surface area contributed by atoms with Gasteiger partial charge in [-0.3, -0.25) is 9.59 Å². The molecule has 2 fully saturated rings. The first-order valence-electron chi connectivity index (χ1n) is 18.9. The predicted molar refractivity (Wildman–Crippen MR) is 217 cm³/mol. The Labute approximate surface area is 332 Å². The lowest BCUT2D eigenvalue weighted by Gasteiger charge is -2.44. The van der Waals surface area contributed by atoms with Crippen LogP contribution >= 0.6 is 11.6 Å². The summed E-state index contributed by atoms with van der Waals surface area (Å²) in [4.78, 5) is 69.5. The number of amides is 5. The zero-order chi connectivity index (χ0) is 40.3. The molecule has 2 saturated heterocycles. The molecule has 5 amide bonds. The van der Waals surface area contributed by atoms with Crippen LogP contribution in [0.2, 0.25) is 5.02 Å². The van der Waals surface area contributed by atoms with Gasteiger partial charge < -0.3 is 40.4 Å². The predicted octanol–water partition coefficient (Wildman–Crippen LogP) is 6.64. The molecule has 4 N–H and O–H groups in total. The van der Waals surface area contributed by atoms with E-state index in [1.165, 1.54) is 7.11 Å². The molecule has 296 valence electrons. The van der Waals surface area contributed by atoms with E-state index in [0.717, 1.165) is 46.6 Å². The van der Waals surface area contributed by atoms with Crippen LogP contribution in [-0.4, -0.2) is 101 Å². The third-order valence-corrected chi connectivity index (χ3v) is 11.0. The van der Waals surface area contributed by atoms with Gasteiger partial charge in [0, 0.05) is 56.7 Å². The number of carbonyl (C=O) groups is 4. The molecule has 4 heterocycles. The van der Waals surface area contributed by atoms with Gasteiger partial charge in [0.25, 0.3) is 5.91 Å². The van der Waals surface area contributed by atoms with Crippen LogP contribution in [-0.2, 0) is 9.53 Å². The number of halogens is 1. The second-order valence-electron chi connectivity index (χ2n) is 14.9. The molecule has 0 radical (unpaired) electrons. The zero-order valence-corrected chi connectivity index (χ0v) is 33.6. The number of nitrogens with one attached hydrogen (secondary N) is 4. The third kappa shape index (κ3) is 8.44. The minimum absolute atomic E-state index is 0.00298. The number of aryl methyl sites for hydroxylation is 1. The lowest BCUT2D eigenvalue weighted by Crippen LogP contribution is -2.60. The van der Waals surface area contributed by atoms with Crippen LogP contribution in [0.5, 0.6) is 0 Å². The van der Waals surface area contributed by atoms with Crippen LogP contribution in [0.15, 0.2) is 60.9 Å². The largest absolute Gasteiger partial charge is 0.453 e. The molecule has 2 aliphatic heterocycles. The molecule has 56 heavy (non-hydrogen) atoms. The van der Waals surface area contributed by atoms with E-state index in [1.807, 2.05) is 81.3 Å². The van der Waals surface area contributed by atoms with Gasteiger partial charge >= 0.3 is 12.1 Å². The Hall–Kier alpha value is -5.63. The number of piperazine rings is 1. The molecule has 6 rings (SSSR count). The number of alkyl carbamates (subject to hydrolysis) is 1. The van der Waals surface area contributed by atoms with Crippen molar-refractivity contribution in [3.05, 3.63) is 82.9 Å². The number of carbonyl (C=O) groups excluding carboxylic acids is 4. The van der Waals surface area contributed by atoms with E-state index in [1.54, 1.807) is 24.2 Å². The van der Waals surface area contributed by atoms with Gasteiger partial charge in [-0.15, -0.1) is 0 Å². The quantitative estimate of drug-likeness (QED) is 0.147. The Morgan fingerprint density at radius 2 is 1.71 bits per heavy atom. The van der Waals surface area contributed by atoms with Crippen LogP contribution in [0.4, 0.5) is 21.1 Å². The Bertz CT molecular complexity index is 2070. The van der Waals surface area contributed by atoms with Gasteiger partial charge in [-0.05, 0) is 80.5 Å². The number of anilines is 2. The van der Waals surface area contributed by atoms with E-state index >= 15 is 0 Å². The maximum Gasteiger partial charge on any atom is 0.407 e. The maximum absolute atomic E-state index is 13.5. The third-order valence-electron chi connectivity index (χ3n) is 10.7. The van der Waals surface area contributed by atoms with E-state index in [4.69, 9.17) is 21.3 Å². The van der Waals surface area contributed by atoms with Crippen molar-refractivity contribution in [2.45, 2.75) is 71.6 Å². The van der Waals surface area contributed by atoms with Gasteiger partial charge in [0.1, 0.15) is 17.7 Å². The maximum atomic E-state index is 13.5. The summed E-state index contributed by atoms with van der Waals surface area (Å²) in [6.45, 7) is 11.6. The van der Waals surface area contributed by atoms with Gasteiger partial charge in [0.15, 0.2) is 0 Å². The van der Waals surface area contributed by atoms with Crippen LogP contribution in [0.1, 0.15) is 68.3 Å². The first kappa shape index (κ1) is 40.0. The summed E-state index contributed by atoms with van der Waals surface area (Å²) < 4.78 is 4.75. The minimum Gasteiger partial charge on any atom is -0.453 e. The SMILES string of the molecule is CNC(=O)N1C[C@@H](C)N(c2ccc(C(=O)Nc3cc(C)c(-c4ccc(-c5c[nH]c([C@@H]6CCCN6C(=O)[C@@H](NC(=O)OC)C(C)C)n5)cc4)cc3Cl)cn2)C[C@@H]1C. The number of aromatic nitrogens is 3. The number of methoxy groups -OCH3 is 1. The van der Waals surface area contributed by atoms with Crippen molar-refractivity contribution in [1.29, 1.82) is 0 Å². The fraction of sp³-hybridized carbons (Fsp3) is 0.415. The van der Waals surface area contributed by atoms with E-state index < -0.39 is 12.1 Å². The number of ether oxygens (including phenoxy) is 1. The van der Waals surface area contributed by atoms with Gasteiger partial charge in [-0.25, -0.2) is 19.6 Å². The van der Waals surface area contributed by atoms with Crippen molar-refractivity contribution >= 4 is 47.0 Å². The Kier molecular flexibility index (Phi) is 12.2. The zero-order valence-electron chi connectivity index (χ0n) is 32.9. The van der Waals surface area contributed by atoms with E-state index in [2.05, 4.69) is 37.7 Å². The topological polar surface area (TPSA) is 165 Å². The number of benzene rings is 2. The van der Waals surface area contributed by atoms with E-state index in [0.29, 0.717) is 41.7 Å². The summed E-state index contributed by atoms with van der Waals surface area (Å²) in [6, 6.07) is 14.3. The van der Waals surface area contributed by atoms with Crippen molar-refractivity contribution in [2.24, 2.45) is 5.92 Å². The molecule has 0 bridgehead atoms. The smallest absolute Gasteiger partial charge is 0.407 e. The number of nitrogens with zero attached hydrogens (tertiary/aromatic N) is 5. The molecule has 4 atom stereocenters. The number of imidazole rings is 1. The first-order chi connectivity index (χ1) is 26.8.